The van der Waals surface area contributed by atoms with Crippen molar-refractivity contribution in [1.82, 2.24) is 14.8 Å². The minimum Gasteiger partial charge on any atom is -0.272 e. The molecule has 6 heteroatoms. The van der Waals surface area contributed by atoms with Crippen molar-refractivity contribution in [3.8, 4) is 11.4 Å². The Morgan fingerprint density at radius 2 is 1.83 bits per heavy atom. The number of benzene rings is 2. The first kappa shape index (κ1) is 15.8. The lowest BCUT2D eigenvalue weighted by Gasteiger charge is -2.02. The molecule has 0 unspecified atom stereocenters. The smallest absolute Gasteiger partial charge is 0.253 e. The first-order valence-corrected chi connectivity index (χ1v) is 8.62. The van der Waals surface area contributed by atoms with Crippen LogP contribution in [0.4, 0.5) is 0 Å². The Kier molecular flexibility index (Phi) is 4.79. The van der Waals surface area contributed by atoms with E-state index in [1.165, 1.54) is 16.4 Å². The molecule has 2 aromatic carbocycles. The van der Waals surface area contributed by atoms with Crippen LogP contribution in [0.25, 0.3) is 11.4 Å². The highest BCUT2D eigenvalue weighted by Gasteiger charge is 2.17. The molecular weight excluding hydrogens is 330 g/mol. The summed E-state index contributed by atoms with van der Waals surface area (Å²) >= 11 is 7.29. The highest BCUT2D eigenvalue weighted by atomic mass is 35.5. The first-order chi connectivity index (χ1) is 11.2. The second-order valence-electron chi connectivity index (χ2n) is 4.90. The Balaban J connectivity index is 1.90. The first-order valence-electron chi connectivity index (χ1n) is 7.01. The van der Waals surface area contributed by atoms with E-state index in [1.54, 1.807) is 12.1 Å². The third-order valence-corrected chi connectivity index (χ3v) is 4.18. The van der Waals surface area contributed by atoms with E-state index in [0.717, 1.165) is 11.1 Å². The van der Waals surface area contributed by atoms with Gasteiger partial charge in [0.15, 0.2) is 11.0 Å². The maximum Gasteiger partial charge on any atom is 0.253 e. The number of carbonyl (C=O) groups excluding carboxylic acids is 1. The average molecular weight is 344 g/mol. The highest BCUT2D eigenvalue weighted by molar-refractivity contribution is 7.98. The molecule has 0 aliphatic rings. The van der Waals surface area contributed by atoms with Crippen molar-refractivity contribution < 1.29 is 4.79 Å². The van der Waals surface area contributed by atoms with E-state index in [0.29, 0.717) is 16.0 Å². The van der Waals surface area contributed by atoms with Crippen molar-refractivity contribution in [3.63, 3.8) is 0 Å². The monoisotopic (exact) mass is 343 g/mol. The van der Waals surface area contributed by atoms with E-state index in [-0.39, 0.29) is 12.3 Å². The zero-order valence-electron chi connectivity index (χ0n) is 12.4. The maximum absolute atomic E-state index is 12.5. The summed E-state index contributed by atoms with van der Waals surface area (Å²) in [5, 5.41) is 5.60. The van der Waals surface area contributed by atoms with Crippen LogP contribution < -0.4 is 0 Å². The molecule has 0 saturated heterocycles. The average Bonchev–Trinajstić information content (AvgIpc) is 3.01. The van der Waals surface area contributed by atoms with E-state index >= 15 is 0 Å². The van der Waals surface area contributed by atoms with Gasteiger partial charge in [0.1, 0.15) is 0 Å². The van der Waals surface area contributed by atoms with Crippen molar-refractivity contribution in [1.29, 1.82) is 0 Å². The van der Waals surface area contributed by atoms with Gasteiger partial charge in [-0.25, -0.2) is 4.98 Å². The van der Waals surface area contributed by atoms with Crippen LogP contribution in [0.5, 0.6) is 0 Å². The van der Waals surface area contributed by atoms with Gasteiger partial charge in [0.05, 0.1) is 6.42 Å². The van der Waals surface area contributed by atoms with Gasteiger partial charge in [0.25, 0.3) is 5.91 Å². The number of nitrogens with zero attached hydrogens (tertiary/aromatic N) is 3. The molecule has 1 heterocycles. The van der Waals surface area contributed by atoms with Crippen LogP contribution >= 0.6 is 23.4 Å². The maximum atomic E-state index is 12.5. The minimum absolute atomic E-state index is 0.103. The number of thioether (sulfide) groups is 1. The lowest BCUT2D eigenvalue weighted by Crippen LogP contribution is -2.16. The van der Waals surface area contributed by atoms with Gasteiger partial charge in [-0.05, 0) is 36.1 Å². The molecule has 0 aliphatic heterocycles. The van der Waals surface area contributed by atoms with Gasteiger partial charge in [-0.1, -0.05) is 53.7 Å². The van der Waals surface area contributed by atoms with Gasteiger partial charge < -0.3 is 0 Å². The van der Waals surface area contributed by atoms with E-state index in [9.17, 15) is 4.79 Å². The summed E-state index contributed by atoms with van der Waals surface area (Å²) in [5.74, 6) is 0.417. The Bertz CT molecular complexity index is 816. The van der Waals surface area contributed by atoms with E-state index in [1.807, 2.05) is 48.7 Å². The molecule has 0 atom stereocenters. The molecule has 0 aliphatic carbocycles. The second-order valence-corrected chi connectivity index (χ2v) is 6.11. The van der Waals surface area contributed by atoms with Crippen LogP contribution in [0.15, 0.2) is 59.8 Å². The van der Waals surface area contributed by atoms with E-state index < -0.39 is 0 Å². The summed E-state index contributed by atoms with van der Waals surface area (Å²) in [7, 11) is 0. The van der Waals surface area contributed by atoms with Gasteiger partial charge in [0, 0.05) is 10.6 Å². The molecule has 0 spiro atoms. The molecule has 0 bridgehead atoms. The number of rotatable bonds is 4. The molecule has 1 aromatic heterocycles. The topological polar surface area (TPSA) is 47.8 Å². The number of carbonyl (C=O) groups is 1. The Morgan fingerprint density at radius 1 is 1.13 bits per heavy atom. The van der Waals surface area contributed by atoms with Gasteiger partial charge in [-0.15, -0.1) is 5.10 Å². The van der Waals surface area contributed by atoms with Crippen molar-refractivity contribution in [3.05, 3.63) is 65.2 Å². The van der Waals surface area contributed by atoms with Crippen molar-refractivity contribution in [2.45, 2.75) is 11.6 Å². The molecule has 0 amide bonds. The Labute approximate surface area is 143 Å². The predicted molar refractivity (Wildman–Crippen MR) is 93.0 cm³/mol. The molecule has 0 fully saturated rings. The fourth-order valence-electron chi connectivity index (χ4n) is 2.16. The van der Waals surface area contributed by atoms with Crippen LogP contribution in [-0.2, 0) is 6.42 Å². The van der Waals surface area contributed by atoms with Gasteiger partial charge >= 0.3 is 0 Å². The summed E-state index contributed by atoms with van der Waals surface area (Å²) < 4.78 is 1.38. The highest BCUT2D eigenvalue weighted by Crippen LogP contribution is 2.22. The number of halogens is 1. The van der Waals surface area contributed by atoms with E-state index in [4.69, 9.17) is 11.6 Å². The van der Waals surface area contributed by atoms with Crippen LogP contribution in [0, 0.1) is 0 Å². The van der Waals surface area contributed by atoms with Crippen LogP contribution in [0.2, 0.25) is 5.02 Å². The van der Waals surface area contributed by atoms with Gasteiger partial charge in [-0.3, -0.25) is 4.79 Å². The third-order valence-electron chi connectivity index (χ3n) is 3.30. The molecule has 3 aromatic rings. The van der Waals surface area contributed by atoms with Crippen molar-refractivity contribution >= 4 is 29.3 Å². The summed E-state index contributed by atoms with van der Waals surface area (Å²) in [6.07, 6.45) is 2.17. The normalized spacial score (nSPS) is 10.7. The summed E-state index contributed by atoms with van der Waals surface area (Å²) in [6, 6.07) is 16.8. The fraction of sp³-hybridized carbons (Fsp3) is 0.118. The Hall–Kier alpha value is -2.11. The lowest BCUT2D eigenvalue weighted by molar-refractivity contribution is 0.0886. The predicted octanol–water partition coefficient (Wildman–Crippen LogP) is 4.20. The number of hydrogen-bond donors (Lipinski definition) is 0. The minimum atomic E-state index is -0.103. The van der Waals surface area contributed by atoms with Crippen LogP contribution in [0.3, 0.4) is 0 Å². The van der Waals surface area contributed by atoms with Gasteiger partial charge in [0.2, 0.25) is 0 Å². The zero-order chi connectivity index (χ0) is 16.2. The van der Waals surface area contributed by atoms with Crippen molar-refractivity contribution in [2.75, 3.05) is 6.26 Å². The molecule has 3 rings (SSSR count). The van der Waals surface area contributed by atoms with Crippen LogP contribution in [-0.4, -0.2) is 26.9 Å². The molecule has 0 N–H and O–H groups in total. The summed E-state index contributed by atoms with van der Waals surface area (Å²) in [5.41, 5.74) is 1.78. The SMILES string of the molecule is CSc1nc(-c2ccc(Cl)cc2)nn1C(=O)Cc1ccccc1. The quantitative estimate of drug-likeness (QED) is 0.666. The molecule has 0 saturated carbocycles. The zero-order valence-corrected chi connectivity index (χ0v) is 14.0. The largest absolute Gasteiger partial charge is 0.272 e. The Morgan fingerprint density at radius 3 is 2.48 bits per heavy atom. The standard InChI is InChI=1S/C17H14ClN3OS/c1-23-17-19-16(13-7-9-14(18)10-8-13)20-21(17)15(22)11-12-5-3-2-4-6-12/h2-10H,11H2,1H3. The number of aromatic nitrogens is 3. The molecule has 23 heavy (non-hydrogen) atoms. The number of hydrogen-bond acceptors (Lipinski definition) is 4. The summed E-state index contributed by atoms with van der Waals surface area (Å²) in [4.78, 5) is 17.0. The third kappa shape index (κ3) is 3.63. The van der Waals surface area contributed by atoms with E-state index in [2.05, 4.69) is 10.1 Å². The molecule has 4 nitrogen and oxygen atoms in total. The van der Waals surface area contributed by atoms with Crippen LogP contribution in [0.1, 0.15) is 10.4 Å². The summed E-state index contributed by atoms with van der Waals surface area (Å²) in [6.45, 7) is 0. The lowest BCUT2D eigenvalue weighted by atomic mass is 10.1. The molecular formula is C17H14ClN3OS. The molecule has 0 radical (unpaired) electrons. The van der Waals surface area contributed by atoms with Gasteiger partial charge in [-0.2, -0.15) is 4.68 Å². The molecule has 116 valence electrons. The van der Waals surface area contributed by atoms with Crippen molar-refractivity contribution in [2.24, 2.45) is 0 Å². The second kappa shape index (κ2) is 6.98. The fourth-order valence-corrected chi connectivity index (χ4v) is 2.78.